The van der Waals surface area contributed by atoms with Crippen LogP contribution >= 0.6 is 0 Å². The molecule has 1 aromatic heterocycles. The van der Waals surface area contributed by atoms with Crippen LogP contribution in [0, 0.1) is 0 Å². The second-order valence-corrected chi connectivity index (χ2v) is 3.07. The molecule has 6 heteroatoms. The highest BCUT2D eigenvalue weighted by Crippen LogP contribution is 2.09. The van der Waals surface area contributed by atoms with Crippen molar-refractivity contribution in [2.45, 2.75) is 0 Å². The molecule has 0 radical (unpaired) electrons. The fraction of sp³-hybridized carbons (Fsp3) is 0.375. The largest absolute Gasteiger partial charge is 0.359 e. The average molecular weight is 194 g/mol. The molecule has 0 atom stereocenters. The van der Waals surface area contributed by atoms with Crippen molar-refractivity contribution in [1.82, 2.24) is 15.5 Å². The molecule has 0 aliphatic carbocycles. The van der Waals surface area contributed by atoms with Crippen LogP contribution in [0.25, 0.3) is 0 Å². The molecule has 2 N–H and O–H groups in total. The summed E-state index contributed by atoms with van der Waals surface area (Å²) in [5.41, 5.74) is 0.428. The third kappa shape index (κ3) is 1.73. The van der Waals surface area contributed by atoms with E-state index >= 15 is 0 Å². The van der Waals surface area contributed by atoms with Crippen LogP contribution in [0.2, 0.25) is 0 Å². The lowest BCUT2D eigenvalue weighted by molar-refractivity contribution is -0.120. The van der Waals surface area contributed by atoms with Gasteiger partial charge in [-0.2, -0.15) is 5.10 Å². The van der Waals surface area contributed by atoms with Crippen LogP contribution in [0.1, 0.15) is 0 Å². The Kier molecular flexibility index (Phi) is 2.18. The van der Waals surface area contributed by atoms with E-state index in [1.165, 1.54) is 6.07 Å². The topological polar surface area (TPSA) is 78.1 Å². The molecule has 0 unspecified atom stereocenters. The second kappa shape index (κ2) is 3.49. The summed E-state index contributed by atoms with van der Waals surface area (Å²) in [5, 5.41) is 8.67. The number of aromatic amines is 1. The Hall–Kier alpha value is -1.85. The molecular weight excluding hydrogens is 184 g/mol. The maximum absolute atomic E-state index is 11.1. The van der Waals surface area contributed by atoms with E-state index in [9.17, 15) is 9.59 Å². The van der Waals surface area contributed by atoms with Crippen molar-refractivity contribution in [2.75, 3.05) is 24.5 Å². The maximum Gasteiger partial charge on any atom is 0.266 e. The summed E-state index contributed by atoms with van der Waals surface area (Å²) in [6, 6.07) is 1.44. The lowest BCUT2D eigenvalue weighted by Crippen LogP contribution is -2.48. The highest BCUT2D eigenvalue weighted by atomic mass is 16.2. The zero-order valence-electron chi connectivity index (χ0n) is 7.49. The zero-order valence-corrected chi connectivity index (χ0v) is 7.49. The van der Waals surface area contributed by atoms with Crippen molar-refractivity contribution < 1.29 is 4.79 Å². The Morgan fingerprint density at radius 3 is 3.00 bits per heavy atom. The number of aromatic nitrogens is 2. The van der Waals surface area contributed by atoms with Crippen molar-refractivity contribution in [3.05, 3.63) is 22.6 Å². The summed E-state index contributed by atoms with van der Waals surface area (Å²) in [6.07, 6.45) is 1.54. The quantitative estimate of drug-likeness (QED) is 0.583. The van der Waals surface area contributed by atoms with Gasteiger partial charge in [0.25, 0.3) is 5.56 Å². The molecule has 1 aliphatic rings. The monoisotopic (exact) mass is 194 g/mol. The lowest BCUT2D eigenvalue weighted by Gasteiger charge is -2.27. The highest BCUT2D eigenvalue weighted by Gasteiger charge is 2.16. The van der Waals surface area contributed by atoms with E-state index in [-0.39, 0.29) is 18.0 Å². The number of H-pyrrole nitrogens is 1. The predicted octanol–water partition coefficient (Wildman–Crippen LogP) is -1.29. The van der Waals surface area contributed by atoms with E-state index in [2.05, 4.69) is 15.5 Å². The number of nitrogens with zero attached hydrogens (tertiary/aromatic N) is 2. The molecule has 1 amide bonds. The summed E-state index contributed by atoms with van der Waals surface area (Å²) >= 11 is 0. The van der Waals surface area contributed by atoms with Gasteiger partial charge in [0, 0.05) is 19.2 Å². The number of amides is 1. The number of anilines is 1. The summed E-state index contributed by atoms with van der Waals surface area (Å²) in [7, 11) is 0. The predicted molar refractivity (Wildman–Crippen MR) is 50.1 cm³/mol. The molecule has 74 valence electrons. The minimum atomic E-state index is -0.256. The molecule has 1 saturated heterocycles. The summed E-state index contributed by atoms with van der Waals surface area (Å²) in [6.45, 7) is 1.59. The van der Waals surface area contributed by atoms with Gasteiger partial charge in [-0.1, -0.05) is 0 Å². The summed E-state index contributed by atoms with van der Waals surface area (Å²) in [5.74, 6) is -0.0310. The van der Waals surface area contributed by atoms with Crippen molar-refractivity contribution in [1.29, 1.82) is 0 Å². The lowest BCUT2D eigenvalue weighted by atomic mass is 10.3. The fourth-order valence-electron chi connectivity index (χ4n) is 1.40. The van der Waals surface area contributed by atoms with Crippen LogP contribution < -0.4 is 15.8 Å². The van der Waals surface area contributed by atoms with Crippen LogP contribution in [-0.4, -0.2) is 35.7 Å². The van der Waals surface area contributed by atoms with Gasteiger partial charge in [-0.15, -0.1) is 0 Å². The Bertz CT molecular complexity index is 400. The van der Waals surface area contributed by atoms with Crippen LogP contribution in [-0.2, 0) is 4.79 Å². The van der Waals surface area contributed by atoms with Gasteiger partial charge in [-0.3, -0.25) is 9.59 Å². The van der Waals surface area contributed by atoms with Gasteiger partial charge in [0.05, 0.1) is 18.4 Å². The van der Waals surface area contributed by atoms with Gasteiger partial charge >= 0.3 is 0 Å². The molecular formula is C8H10N4O2. The van der Waals surface area contributed by atoms with Crippen LogP contribution in [0.15, 0.2) is 17.1 Å². The van der Waals surface area contributed by atoms with Gasteiger partial charge in [-0.25, -0.2) is 5.10 Å². The molecule has 6 nitrogen and oxygen atoms in total. The average Bonchev–Trinajstić information content (AvgIpc) is 2.18. The number of carbonyl (C=O) groups excluding carboxylic acids is 1. The minimum absolute atomic E-state index is 0.0310. The second-order valence-electron chi connectivity index (χ2n) is 3.07. The molecule has 1 aromatic rings. The fourth-order valence-corrected chi connectivity index (χ4v) is 1.40. The van der Waals surface area contributed by atoms with Crippen molar-refractivity contribution in [3.8, 4) is 0 Å². The van der Waals surface area contributed by atoms with Crippen molar-refractivity contribution >= 4 is 11.6 Å². The van der Waals surface area contributed by atoms with Crippen molar-refractivity contribution in [3.63, 3.8) is 0 Å². The Labute approximate surface area is 79.9 Å². The maximum atomic E-state index is 11.1. The van der Waals surface area contributed by atoms with E-state index in [4.69, 9.17) is 0 Å². The number of carbonyl (C=O) groups is 1. The number of rotatable bonds is 1. The van der Waals surface area contributed by atoms with Gasteiger partial charge < -0.3 is 10.2 Å². The molecule has 0 aromatic carbocycles. The van der Waals surface area contributed by atoms with Gasteiger partial charge in [-0.05, 0) is 0 Å². The number of piperazine rings is 1. The first-order chi connectivity index (χ1) is 6.75. The number of nitrogens with one attached hydrogen (secondary N) is 2. The third-order valence-corrected chi connectivity index (χ3v) is 2.05. The Morgan fingerprint density at radius 2 is 2.29 bits per heavy atom. The van der Waals surface area contributed by atoms with Gasteiger partial charge in [0.2, 0.25) is 5.91 Å². The van der Waals surface area contributed by atoms with Gasteiger partial charge in [0.1, 0.15) is 0 Å². The van der Waals surface area contributed by atoms with E-state index in [1.807, 2.05) is 4.90 Å². The van der Waals surface area contributed by atoms with E-state index in [0.29, 0.717) is 18.8 Å². The normalized spacial score (nSPS) is 16.6. The minimum Gasteiger partial charge on any atom is -0.359 e. The molecule has 1 fully saturated rings. The van der Waals surface area contributed by atoms with E-state index < -0.39 is 0 Å². The molecule has 0 spiro atoms. The molecule has 1 aliphatic heterocycles. The Morgan fingerprint density at radius 1 is 1.43 bits per heavy atom. The van der Waals surface area contributed by atoms with Crippen LogP contribution in [0.3, 0.4) is 0 Å². The first-order valence-corrected chi connectivity index (χ1v) is 4.32. The first-order valence-electron chi connectivity index (χ1n) is 4.32. The van der Waals surface area contributed by atoms with Gasteiger partial charge in [0.15, 0.2) is 0 Å². The SMILES string of the molecule is O=C1CN(c2cn[nH]c(=O)c2)CCN1. The highest BCUT2D eigenvalue weighted by molar-refractivity contribution is 5.82. The molecule has 2 heterocycles. The standard InChI is InChI=1S/C8H10N4O2/c13-7-3-6(4-10-11-7)12-2-1-9-8(14)5-12/h3-4H,1-2,5H2,(H,9,14)(H,11,13). The third-order valence-electron chi connectivity index (χ3n) is 2.05. The first kappa shape index (κ1) is 8.74. The molecule has 2 rings (SSSR count). The molecule has 14 heavy (non-hydrogen) atoms. The summed E-state index contributed by atoms with van der Waals surface area (Å²) < 4.78 is 0. The number of hydrogen-bond acceptors (Lipinski definition) is 4. The number of hydrogen-bond donors (Lipinski definition) is 2. The smallest absolute Gasteiger partial charge is 0.266 e. The zero-order chi connectivity index (χ0) is 9.97. The van der Waals surface area contributed by atoms with Crippen LogP contribution in [0.5, 0.6) is 0 Å². The van der Waals surface area contributed by atoms with E-state index in [1.54, 1.807) is 6.20 Å². The molecule has 0 bridgehead atoms. The summed E-state index contributed by atoms with van der Waals surface area (Å²) in [4.78, 5) is 23.9. The molecule has 0 saturated carbocycles. The van der Waals surface area contributed by atoms with Crippen LogP contribution in [0.4, 0.5) is 5.69 Å². The van der Waals surface area contributed by atoms with Crippen molar-refractivity contribution in [2.24, 2.45) is 0 Å². The van der Waals surface area contributed by atoms with E-state index in [0.717, 1.165) is 0 Å². The Balaban J connectivity index is 2.22.